The summed E-state index contributed by atoms with van der Waals surface area (Å²) < 4.78 is 57.9. The molecule has 2 amide bonds. The fourth-order valence-electron chi connectivity index (χ4n) is 6.85. The lowest BCUT2D eigenvalue weighted by molar-refractivity contribution is -0.122. The van der Waals surface area contributed by atoms with E-state index in [9.17, 15) is 23.1 Å². The number of rotatable bonds is 17. The van der Waals surface area contributed by atoms with Crippen LogP contribution < -0.4 is 20.1 Å². The number of carbonyl (C=O) groups excluding carboxylic acids is 2. The van der Waals surface area contributed by atoms with Crippen LogP contribution in [0.2, 0.25) is 0 Å². The predicted molar refractivity (Wildman–Crippen MR) is 193 cm³/mol. The van der Waals surface area contributed by atoms with Crippen molar-refractivity contribution in [2.45, 2.75) is 103 Å². The Bertz CT molecular complexity index is 1610. The standard InChI is InChI=1S/C38H55N3O10S/c1-37(2,3)21-34(43)39-17-10-9-16-38(4,5)24-41(52(45,46)27-13-14-31-32(20-27)50-25-49-31)22-30(42)29(19-26-11-7-6-8-12-26)40-36(44)51-33-23-48-35-28(33)15-18-47-35/h6-8,11-14,20,28-30,33,35,42H,9-10,15-19,21-25H2,1-5H3,(H,39,43)(H,40,44)/t28-,29-,30+,33-,35+/m0/s1. The van der Waals surface area contributed by atoms with Crippen molar-refractivity contribution in [2.24, 2.45) is 16.7 Å². The van der Waals surface area contributed by atoms with Gasteiger partial charge in [-0.05, 0) is 54.2 Å². The minimum Gasteiger partial charge on any atom is -0.454 e. The zero-order valence-corrected chi connectivity index (χ0v) is 31.8. The number of amides is 2. The molecule has 0 aliphatic carbocycles. The summed E-state index contributed by atoms with van der Waals surface area (Å²) in [5, 5.41) is 17.7. The molecular weight excluding hydrogens is 690 g/mol. The molecule has 5 atom stereocenters. The summed E-state index contributed by atoms with van der Waals surface area (Å²) in [5.41, 5.74) is 0.238. The van der Waals surface area contributed by atoms with E-state index in [1.807, 2.05) is 65.0 Å². The van der Waals surface area contributed by atoms with Crippen LogP contribution in [0.1, 0.15) is 72.3 Å². The van der Waals surface area contributed by atoms with E-state index in [1.165, 1.54) is 16.4 Å². The number of nitrogens with one attached hydrogen (secondary N) is 2. The molecule has 288 valence electrons. The first-order valence-electron chi connectivity index (χ1n) is 18.2. The van der Waals surface area contributed by atoms with Gasteiger partial charge in [0, 0.05) is 32.1 Å². The quantitative estimate of drug-likeness (QED) is 0.195. The van der Waals surface area contributed by atoms with Crippen molar-refractivity contribution in [1.29, 1.82) is 0 Å². The SMILES string of the molecule is CC(C)(C)CC(=O)NCCCCC(C)(C)CN(C[C@@H](O)[C@H](Cc1ccccc1)NC(=O)O[C@H]1CO[C@H]2OCC[C@H]21)S(=O)(=O)c1ccc2c(c1)OCO2. The summed E-state index contributed by atoms with van der Waals surface area (Å²) in [6.45, 7) is 11.1. The molecule has 2 aromatic carbocycles. The Hall–Kier alpha value is -3.43. The van der Waals surface area contributed by atoms with Crippen molar-refractivity contribution in [3.63, 3.8) is 0 Å². The van der Waals surface area contributed by atoms with Crippen LogP contribution >= 0.6 is 0 Å². The van der Waals surface area contributed by atoms with E-state index >= 15 is 0 Å². The molecule has 13 nitrogen and oxygen atoms in total. The van der Waals surface area contributed by atoms with Crippen molar-refractivity contribution in [2.75, 3.05) is 39.6 Å². The second-order valence-corrected chi connectivity index (χ2v) is 17.9. The van der Waals surface area contributed by atoms with E-state index in [2.05, 4.69) is 10.6 Å². The fraction of sp³-hybridized carbons (Fsp3) is 0.632. The molecule has 3 heterocycles. The van der Waals surface area contributed by atoms with Crippen LogP contribution in [-0.2, 0) is 35.4 Å². The van der Waals surface area contributed by atoms with E-state index in [1.54, 1.807) is 6.07 Å². The lowest BCUT2D eigenvalue weighted by atomic mass is 9.87. The lowest BCUT2D eigenvalue weighted by Crippen LogP contribution is -2.52. The van der Waals surface area contributed by atoms with Crippen LogP contribution in [0, 0.1) is 16.7 Å². The number of unbranched alkanes of at least 4 members (excludes halogenated alkanes) is 1. The van der Waals surface area contributed by atoms with Gasteiger partial charge in [0.25, 0.3) is 0 Å². The van der Waals surface area contributed by atoms with Crippen molar-refractivity contribution in [1.82, 2.24) is 14.9 Å². The molecule has 0 bridgehead atoms. The monoisotopic (exact) mass is 745 g/mol. The highest BCUT2D eigenvalue weighted by Gasteiger charge is 2.44. The van der Waals surface area contributed by atoms with Crippen LogP contribution in [0.25, 0.3) is 0 Å². The van der Waals surface area contributed by atoms with E-state index < -0.39 is 46.1 Å². The molecule has 3 aliphatic rings. The fourth-order valence-corrected chi connectivity index (χ4v) is 8.51. The van der Waals surface area contributed by atoms with Gasteiger partial charge in [0.1, 0.15) is 6.10 Å². The number of aliphatic hydroxyl groups is 1. The van der Waals surface area contributed by atoms with E-state index in [0.29, 0.717) is 43.9 Å². The van der Waals surface area contributed by atoms with Gasteiger partial charge in [-0.2, -0.15) is 4.31 Å². The van der Waals surface area contributed by atoms with Crippen molar-refractivity contribution in [3.05, 3.63) is 54.1 Å². The predicted octanol–water partition coefficient (Wildman–Crippen LogP) is 4.61. The number of ether oxygens (including phenoxy) is 5. The van der Waals surface area contributed by atoms with Gasteiger partial charge in [-0.15, -0.1) is 0 Å². The summed E-state index contributed by atoms with van der Waals surface area (Å²) in [6.07, 6.45) is 0.630. The minimum absolute atomic E-state index is 0.00265. The minimum atomic E-state index is -4.17. The zero-order chi connectivity index (χ0) is 37.5. The topological polar surface area (TPSA) is 162 Å². The molecule has 2 fully saturated rings. The van der Waals surface area contributed by atoms with Gasteiger partial charge < -0.3 is 39.4 Å². The molecular formula is C38H55N3O10S. The Morgan fingerprint density at radius 3 is 2.52 bits per heavy atom. The lowest BCUT2D eigenvalue weighted by Gasteiger charge is -2.35. The van der Waals surface area contributed by atoms with Crippen molar-refractivity contribution >= 4 is 22.0 Å². The third kappa shape index (κ3) is 11.0. The summed E-state index contributed by atoms with van der Waals surface area (Å²) in [4.78, 5) is 25.6. The van der Waals surface area contributed by atoms with Gasteiger partial charge in [0.2, 0.25) is 22.7 Å². The highest BCUT2D eigenvalue weighted by atomic mass is 32.2. The molecule has 3 aliphatic heterocycles. The number of hydrogen-bond donors (Lipinski definition) is 3. The Morgan fingerprint density at radius 2 is 1.77 bits per heavy atom. The van der Waals surface area contributed by atoms with Crippen molar-refractivity contribution in [3.8, 4) is 11.5 Å². The number of sulfonamides is 1. The third-order valence-corrected chi connectivity index (χ3v) is 11.4. The smallest absolute Gasteiger partial charge is 0.407 e. The maximum absolute atomic E-state index is 14.4. The number of aliphatic hydroxyl groups excluding tert-OH is 1. The van der Waals surface area contributed by atoms with Gasteiger partial charge >= 0.3 is 6.09 Å². The molecule has 14 heteroatoms. The maximum atomic E-state index is 14.4. The molecule has 5 rings (SSSR count). The van der Waals surface area contributed by atoms with E-state index in [-0.39, 0.29) is 55.0 Å². The molecule has 2 saturated heterocycles. The Kier molecular flexibility index (Phi) is 13.1. The maximum Gasteiger partial charge on any atom is 0.407 e. The molecule has 0 radical (unpaired) electrons. The van der Waals surface area contributed by atoms with Gasteiger partial charge in [-0.3, -0.25) is 4.79 Å². The summed E-state index contributed by atoms with van der Waals surface area (Å²) in [7, 11) is -4.17. The van der Waals surface area contributed by atoms with Gasteiger partial charge in [0.15, 0.2) is 17.8 Å². The molecule has 2 aromatic rings. The Morgan fingerprint density at radius 1 is 1.02 bits per heavy atom. The first-order valence-corrected chi connectivity index (χ1v) is 19.6. The van der Waals surface area contributed by atoms with Crippen LogP contribution in [0.4, 0.5) is 4.79 Å². The molecule has 3 N–H and O–H groups in total. The molecule has 0 saturated carbocycles. The highest BCUT2D eigenvalue weighted by molar-refractivity contribution is 7.89. The van der Waals surface area contributed by atoms with E-state index in [4.69, 9.17) is 23.7 Å². The van der Waals surface area contributed by atoms with Crippen LogP contribution in [0.5, 0.6) is 11.5 Å². The molecule has 0 spiro atoms. The van der Waals surface area contributed by atoms with E-state index in [0.717, 1.165) is 18.4 Å². The average molecular weight is 746 g/mol. The average Bonchev–Trinajstić information content (AvgIpc) is 3.82. The summed E-state index contributed by atoms with van der Waals surface area (Å²) >= 11 is 0. The molecule has 52 heavy (non-hydrogen) atoms. The number of benzene rings is 2. The number of alkyl carbamates (subject to hydrolysis) is 1. The number of fused-ring (bicyclic) bond motifs is 2. The van der Waals surface area contributed by atoms with Crippen LogP contribution in [0.15, 0.2) is 53.4 Å². The largest absolute Gasteiger partial charge is 0.454 e. The zero-order valence-electron chi connectivity index (χ0n) is 31.0. The van der Waals surface area contributed by atoms with Crippen molar-refractivity contribution < 1.29 is 46.8 Å². The van der Waals surface area contributed by atoms with Gasteiger partial charge in [-0.25, -0.2) is 13.2 Å². The number of carbonyl (C=O) groups is 2. The molecule has 0 unspecified atom stereocenters. The van der Waals surface area contributed by atoms with Crippen LogP contribution in [-0.4, -0.2) is 94.0 Å². The second-order valence-electron chi connectivity index (χ2n) is 16.0. The third-order valence-electron chi connectivity index (χ3n) is 9.58. The van der Waals surface area contributed by atoms with Crippen LogP contribution in [0.3, 0.4) is 0 Å². The number of hydrogen-bond acceptors (Lipinski definition) is 10. The molecule has 0 aromatic heterocycles. The number of nitrogens with zero attached hydrogens (tertiary/aromatic N) is 1. The first-order chi connectivity index (χ1) is 24.6. The Labute approximate surface area is 307 Å². The van der Waals surface area contributed by atoms with Gasteiger partial charge in [0.05, 0.1) is 36.2 Å². The highest BCUT2D eigenvalue weighted by Crippen LogP contribution is 2.36. The first kappa shape index (κ1) is 39.8. The Balaban J connectivity index is 1.31. The second kappa shape index (κ2) is 17.1. The summed E-state index contributed by atoms with van der Waals surface area (Å²) in [6, 6.07) is 12.9. The van der Waals surface area contributed by atoms with Gasteiger partial charge in [-0.1, -0.05) is 71.4 Å². The summed E-state index contributed by atoms with van der Waals surface area (Å²) in [5.74, 6) is 0.728. The normalized spacial score (nSPS) is 21.1.